The van der Waals surface area contributed by atoms with Crippen LogP contribution in [0, 0.1) is 5.92 Å². The number of alkyl halides is 3. The lowest BCUT2D eigenvalue weighted by molar-refractivity contribution is -0.120. The molecule has 2 atom stereocenters. The van der Waals surface area contributed by atoms with Crippen LogP contribution in [0.4, 0.5) is 8.78 Å². The minimum atomic E-state index is -1.46. The van der Waals surface area contributed by atoms with Crippen LogP contribution in [0.25, 0.3) is 0 Å². The Bertz CT molecular complexity index is 178. The van der Waals surface area contributed by atoms with Crippen molar-refractivity contribution in [2.24, 2.45) is 5.92 Å². The van der Waals surface area contributed by atoms with Gasteiger partial charge in [0.05, 0.1) is 5.92 Å². The van der Waals surface area contributed by atoms with Crippen molar-refractivity contribution < 1.29 is 13.6 Å². The molecule has 1 saturated carbocycles. The van der Waals surface area contributed by atoms with Gasteiger partial charge < -0.3 is 0 Å². The average molecular weight is 261 g/mol. The molecule has 1 aliphatic rings. The van der Waals surface area contributed by atoms with Crippen LogP contribution in [-0.2, 0) is 4.79 Å². The van der Waals surface area contributed by atoms with Crippen molar-refractivity contribution in [1.82, 2.24) is 0 Å². The highest BCUT2D eigenvalue weighted by atomic mass is 79.9. The number of halogens is 4. The molecule has 0 heterocycles. The Balaban J connectivity index is 2.66. The van der Waals surface area contributed by atoms with Gasteiger partial charge in [-0.3, -0.25) is 4.79 Å². The Labute approximate surface area is 82.6 Å². The molecule has 70 valence electrons. The summed E-state index contributed by atoms with van der Waals surface area (Å²) in [6.07, 6.45) is -2.60. The summed E-state index contributed by atoms with van der Waals surface area (Å²) in [7, 11) is 0. The van der Waals surface area contributed by atoms with Crippen molar-refractivity contribution in [2.45, 2.75) is 30.0 Å². The van der Waals surface area contributed by atoms with Crippen molar-refractivity contribution in [2.75, 3.05) is 0 Å². The summed E-state index contributed by atoms with van der Waals surface area (Å²) < 4.78 is 26.0. The molecule has 0 amide bonds. The van der Waals surface area contributed by atoms with Gasteiger partial charge in [-0.25, -0.2) is 8.78 Å². The minimum Gasteiger partial charge on any atom is -0.281 e. The van der Waals surface area contributed by atoms with Gasteiger partial charge in [0, 0.05) is 4.83 Å². The van der Waals surface area contributed by atoms with Gasteiger partial charge in [0.2, 0.25) is 5.24 Å². The lowest BCUT2D eigenvalue weighted by Crippen LogP contribution is -2.39. The third-order valence-electron chi connectivity index (χ3n) is 2.00. The van der Waals surface area contributed by atoms with Crippen molar-refractivity contribution in [3.8, 4) is 0 Å². The number of hydrogen-bond donors (Lipinski definition) is 0. The second-order valence-corrected chi connectivity index (χ2v) is 4.60. The first-order valence-corrected chi connectivity index (χ1v) is 4.93. The Hall–Kier alpha value is 0.300. The third kappa shape index (κ3) is 2.16. The van der Waals surface area contributed by atoms with E-state index in [1.54, 1.807) is 0 Å². The first kappa shape index (κ1) is 10.4. The molecule has 1 nitrogen and oxygen atoms in total. The predicted octanol–water partition coefficient (Wildman–Crippen LogP) is 2.60. The quantitative estimate of drug-likeness (QED) is 0.524. The first-order valence-electron chi connectivity index (χ1n) is 3.64. The zero-order valence-corrected chi connectivity index (χ0v) is 8.49. The fourth-order valence-corrected chi connectivity index (χ4v) is 2.38. The van der Waals surface area contributed by atoms with Crippen molar-refractivity contribution in [3.05, 3.63) is 0 Å². The highest BCUT2D eigenvalue weighted by molar-refractivity contribution is 9.09. The maximum atomic E-state index is 13.0. The zero-order valence-electron chi connectivity index (χ0n) is 6.14. The number of rotatable bonds is 1. The predicted molar refractivity (Wildman–Crippen MR) is 46.1 cm³/mol. The van der Waals surface area contributed by atoms with Crippen LogP contribution in [0.15, 0.2) is 0 Å². The second-order valence-electron chi connectivity index (χ2n) is 2.93. The van der Waals surface area contributed by atoms with Gasteiger partial charge in [-0.2, -0.15) is 0 Å². The molecule has 0 spiro atoms. The lowest BCUT2D eigenvalue weighted by Gasteiger charge is -2.29. The molecule has 0 aromatic carbocycles. The molecule has 0 aromatic rings. The molecular weight excluding hydrogens is 253 g/mol. The van der Waals surface area contributed by atoms with Crippen LogP contribution in [0.3, 0.4) is 0 Å². The highest BCUT2D eigenvalue weighted by Crippen LogP contribution is 2.34. The molecule has 0 bridgehead atoms. The third-order valence-corrected chi connectivity index (χ3v) is 3.00. The topological polar surface area (TPSA) is 17.1 Å². The standard InChI is InChI=1S/C7H8BrClF2O/c8-3-1-4(10)6(7(9)12)5(11)2-3/h3-6H,1-2H2. The smallest absolute Gasteiger partial charge is 0.230 e. The summed E-state index contributed by atoms with van der Waals surface area (Å²) in [5, 5.41) is -0.908. The van der Waals surface area contributed by atoms with Gasteiger partial charge >= 0.3 is 0 Å². The van der Waals surface area contributed by atoms with Gasteiger partial charge in [0.15, 0.2) is 0 Å². The van der Waals surface area contributed by atoms with Crippen LogP contribution >= 0.6 is 27.5 Å². The van der Waals surface area contributed by atoms with Gasteiger partial charge in [-0.1, -0.05) is 15.9 Å². The minimum absolute atomic E-state index is 0.156. The average Bonchev–Trinajstić information content (AvgIpc) is 1.82. The molecule has 2 unspecified atom stereocenters. The molecule has 0 radical (unpaired) electrons. The Morgan fingerprint density at radius 1 is 1.33 bits per heavy atom. The molecule has 0 saturated heterocycles. The highest BCUT2D eigenvalue weighted by Gasteiger charge is 2.41. The molecule has 0 N–H and O–H groups in total. The number of carbonyl (C=O) groups is 1. The normalized spacial score (nSPS) is 42.7. The molecule has 0 aliphatic heterocycles. The van der Waals surface area contributed by atoms with Crippen LogP contribution in [-0.4, -0.2) is 22.4 Å². The summed E-state index contributed by atoms with van der Waals surface area (Å²) in [5.74, 6) is -1.26. The fraction of sp³-hybridized carbons (Fsp3) is 0.857. The van der Waals surface area contributed by atoms with E-state index in [2.05, 4.69) is 15.9 Å². The lowest BCUT2D eigenvalue weighted by atomic mass is 9.87. The van der Waals surface area contributed by atoms with E-state index in [9.17, 15) is 13.6 Å². The molecule has 0 aromatic heterocycles. The van der Waals surface area contributed by atoms with Crippen molar-refractivity contribution in [3.63, 3.8) is 0 Å². The Morgan fingerprint density at radius 3 is 2.08 bits per heavy atom. The van der Waals surface area contributed by atoms with E-state index in [0.717, 1.165) is 0 Å². The fourth-order valence-electron chi connectivity index (χ4n) is 1.39. The van der Waals surface area contributed by atoms with E-state index >= 15 is 0 Å². The van der Waals surface area contributed by atoms with Gasteiger partial charge in [0.25, 0.3) is 0 Å². The second kappa shape index (κ2) is 4.01. The summed E-state index contributed by atoms with van der Waals surface area (Å²) >= 11 is 8.17. The van der Waals surface area contributed by atoms with Crippen LogP contribution < -0.4 is 0 Å². The summed E-state index contributed by atoms with van der Waals surface area (Å²) in [5.41, 5.74) is 0. The van der Waals surface area contributed by atoms with E-state index in [0.29, 0.717) is 0 Å². The maximum absolute atomic E-state index is 13.0. The first-order chi connectivity index (χ1) is 5.52. The monoisotopic (exact) mass is 260 g/mol. The summed E-state index contributed by atoms with van der Waals surface area (Å²) in [4.78, 5) is 10.4. The van der Waals surface area contributed by atoms with E-state index in [-0.39, 0.29) is 17.7 Å². The van der Waals surface area contributed by atoms with Crippen molar-refractivity contribution in [1.29, 1.82) is 0 Å². The van der Waals surface area contributed by atoms with Crippen molar-refractivity contribution >= 4 is 32.8 Å². The van der Waals surface area contributed by atoms with Crippen LogP contribution in [0.5, 0.6) is 0 Å². The summed E-state index contributed by atoms with van der Waals surface area (Å²) in [6.45, 7) is 0. The van der Waals surface area contributed by atoms with Gasteiger partial charge in [0.1, 0.15) is 12.3 Å². The molecule has 1 fully saturated rings. The molecule has 12 heavy (non-hydrogen) atoms. The summed E-state index contributed by atoms with van der Waals surface area (Å²) in [6, 6.07) is 0. The Morgan fingerprint density at radius 2 is 1.75 bits per heavy atom. The van der Waals surface area contributed by atoms with Gasteiger partial charge in [-0.05, 0) is 24.4 Å². The van der Waals surface area contributed by atoms with E-state index in [1.807, 2.05) is 0 Å². The Kier molecular flexibility index (Phi) is 3.47. The van der Waals surface area contributed by atoms with E-state index < -0.39 is 23.5 Å². The zero-order chi connectivity index (χ0) is 9.30. The number of hydrogen-bond acceptors (Lipinski definition) is 1. The van der Waals surface area contributed by atoms with Gasteiger partial charge in [-0.15, -0.1) is 0 Å². The molecule has 1 rings (SSSR count). The SMILES string of the molecule is O=C(Cl)C1C(F)CC(Br)CC1F. The molecular formula is C7H8BrClF2O. The molecule has 5 heteroatoms. The van der Waals surface area contributed by atoms with Crippen LogP contribution in [0.1, 0.15) is 12.8 Å². The molecule has 1 aliphatic carbocycles. The van der Waals surface area contributed by atoms with Crippen LogP contribution in [0.2, 0.25) is 0 Å². The van der Waals surface area contributed by atoms with E-state index in [1.165, 1.54) is 0 Å². The maximum Gasteiger partial charge on any atom is 0.230 e. The number of carbonyl (C=O) groups excluding carboxylic acids is 1. The largest absolute Gasteiger partial charge is 0.281 e. The van der Waals surface area contributed by atoms with E-state index in [4.69, 9.17) is 11.6 Å².